The van der Waals surface area contributed by atoms with Crippen molar-refractivity contribution in [2.24, 2.45) is 0 Å². The highest BCUT2D eigenvalue weighted by Crippen LogP contribution is 2.35. The summed E-state index contributed by atoms with van der Waals surface area (Å²) >= 11 is 0. The second kappa shape index (κ2) is 9.16. The molecule has 0 aromatic heterocycles. The number of hydrogen-bond donors (Lipinski definition) is 1. The molecule has 146 valence electrons. The van der Waals surface area contributed by atoms with Crippen molar-refractivity contribution in [2.75, 3.05) is 26.2 Å². The molecule has 0 aliphatic carbocycles. The summed E-state index contributed by atoms with van der Waals surface area (Å²) in [5.41, 5.74) is 2.36. The number of likely N-dealkylation sites (N-methyl/N-ethyl adjacent to an activating group) is 1. The first kappa shape index (κ1) is 21.1. The normalized spacial score (nSPS) is 13.4. The van der Waals surface area contributed by atoms with E-state index in [1.807, 2.05) is 51.1 Å². The number of aliphatic hydroxyl groups is 1. The van der Waals surface area contributed by atoms with Crippen LogP contribution in [-0.4, -0.2) is 42.2 Å². The van der Waals surface area contributed by atoms with E-state index in [0.717, 1.165) is 29.8 Å². The minimum absolute atomic E-state index is 0.250. The second-order valence-electron chi connectivity index (χ2n) is 6.92. The number of benzene rings is 2. The summed E-state index contributed by atoms with van der Waals surface area (Å²) in [7, 11) is 0. The van der Waals surface area contributed by atoms with Gasteiger partial charge in [-0.25, -0.2) is 4.79 Å². The molecule has 0 bridgehead atoms. The smallest absolute Gasteiger partial charge is 0.347 e. The van der Waals surface area contributed by atoms with Crippen LogP contribution in [0.25, 0.3) is 0 Å². The molecular formula is C23H31NO3. The third-order valence-corrected chi connectivity index (χ3v) is 5.47. The Morgan fingerprint density at radius 3 is 2.22 bits per heavy atom. The van der Waals surface area contributed by atoms with Gasteiger partial charge >= 0.3 is 5.97 Å². The zero-order valence-corrected chi connectivity index (χ0v) is 17.1. The van der Waals surface area contributed by atoms with Gasteiger partial charge in [0.15, 0.2) is 0 Å². The first-order valence-corrected chi connectivity index (χ1v) is 9.60. The summed E-state index contributed by atoms with van der Waals surface area (Å²) in [5.74, 6) is -0.632. The van der Waals surface area contributed by atoms with Crippen molar-refractivity contribution >= 4 is 5.97 Å². The van der Waals surface area contributed by atoms with Crippen molar-refractivity contribution in [1.82, 2.24) is 4.90 Å². The van der Waals surface area contributed by atoms with Crippen LogP contribution in [0.3, 0.4) is 0 Å². The lowest BCUT2D eigenvalue weighted by Gasteiger charge is -2.30. The summed E-state index contributed by atoms with van der Waals surface area (Å²) in [6, 6.07) is 12.8. The molecule has 0 radical (unpaired) electrons. The number of aryl methyl sites for hydroxylation is 1. The number of carbonyl (C=O) groups excluding carboxylic acids is 1. The van der Waals surface area contributed by atoms with E-state index >= 15 is 0 Å². The summed E-state index contributed by atoms with van der Waals surface area (Å²) in [6.07, 6.45) is 0. The molecule has 0 unspecified atom stereocenters. The lowest BCUT2D eigenvalue weighted by atomic mass is 9.82. The van der Waals surface area contributed by atoms with E-state index in [1.165, 1.54) is 0 Å². The maximum atomic E-state index is 13.1. The lowest BCUT2D eigenvalue weighted by Crippen LogP contribution is -2.40. The van der Waals surface area contributed by atoms with Crippen molar-refractivity contribution in [3.05, 3.63) is 70.3 Å². The van der Waals surface area contributed by atoms with Crippen molar-refractivity contribution in [1.29, 1.82) is 0 Å². The van der Waals surface area contributed by atoms with Gasteiger partial charge in [-0.15, -0.1) is 0 Å². The van der Waals surface area contributed by atoms with Crippen molar-refractivity contribution in [3.63, 3.8) is 0 Å². The summed E-state index contributed by atoms with van der Waals surface area (Å²) in [5, 5.41) is 11.6. The quantitative estimate of drug-likeness (QED) is 0.720. The van der Waals surface area contributed by atoms with Gasteiger partial charge in [0, 0.05) is 12.1 Å². The Bertz CT molecular complexity index is 769. The van der Waals surface area contributed by atoms with Crippen LogP contribution in [0.4, 0.5) is 0 Å². The second-order valence-corrected chi connectivity index (χ2v) is 6.92. The van der Waals surface area contributed by atoms with E-state index in [1.54, 1.807) is 12.1 Å². The van der Waals surface area contributed by atoms with Gasteiger partial charge in [-0.05, 0) is 56.1 Å². The number of nitrogens with zero attached hydrogens (tertiary/aromatic N) is 1. The Balaban J connectivity index is 2.40. The Kier molecular flexibility index (Phi) is 7.17. The third-order valence-electron chi connectivity index (χ3n) is 5.47. The van der Waals surface area contributed by atoms with Crippen LogP contribution in [0, 0.1) is 20.8 Å². The van der Waals surface area contributed by atoms with E-state index in [2.05, 4.69) is 18.7 Å². The predicted molar refractivity (Wildman–Crippen MR) is 109 cm³/mol. The van der Waals surface area contributed by atoms with Gasteiger partial charge in [0.05, 0.1) is 0 Å². The van der Waals surface area contributed by atoms with Gasteiger partial charge in [0.2, 0.25) is 5.60 Å². The molecule has 0 saturated heterocycles. The standard InChI is InChI=1S/C23H31NO3/c1-6-24(7-2)15-16-27-22(25)23(26,20-11-9-8-10-12-20)21-14-13-17(3)18(4)19(21)5/h8-14,26H,6-7,15-16H2,1-5H3/t23-/m0/s1. The zero-order valence-electron chi connectivity index (χ0n) is 17.1. The topological polar surface area (TPSA) is 49.8 Å². The van der Waals surface area contributed by atoms with Crippen molar-refractivity contribution < 1.29 is 14.6 Å². The minimum Gasteiger partial charge on any atom is -0.462 e. The van der Waals surface area contributed by atoms with E-state index in [9.17, 15) is 9.90 Å². The number of ether oxygens (including phenoxy) is 1. The summed E-state index contributed by atoms with van der Waals surface area (Å²) in [4.78, 5) is 15.3. The average molecular weight is 370 g/mol. The predicted octanol–water partition coefficient (Wildman–Crippen LogP) is 3.73. The summed E-state index contributed by atoms with van der Waals surface area (Å²) < 4.78 is 5.54. The van der Waals surface area contributed by atoms with Crippen LogP contribution in [0.2, 0.25) is 0 Å². The largest absolute Gasteiger partial charge is 0.462 e. The Morgan fingerprint density at radius 2 is 1.63 bits per heavy atom. The molecule has 0 amide bonds. The molecule has 2 aromatic carbocycles. The number of hydrogen-bond acceptors (Lipinski definition) is 4. The molecule has 2 aromatic rings. The molecule has 1 atom stereocenters. The molecule has 0 spiro atoms. The van der Waals surface area contributed by atoms with Crippen LogP contribution in [0.1, 0.15) is 41.7 Å². The monoisotopic (exact) mass is 369 g/mol. The fraction of sp³-hybridized carbons (Fsp3) is 0.435. The van der Waals surface area contributed by atoms with Crippen LogP contribution in [-0.2, 0) is 15.1 Å². The number of rotatable bonds is 8. The Labute approximate surface area is 162 Å². The molecule has 2 rings (SSSR count). The van der Waals surface area contributed by atoms with Gasteiger partial charge in [0.25, 0.3) is 0 Å². The third kappa shape index (κ3) is 4.40. The van der Waals surface area contributed by atoms with E-state index in [4.69, 9.17) is 4.74 Å². The molecule has 4 heteroatoms. The van der Waals surface area contributed by atoms with Gasteiger partial charge in [-0.1, -0.05) is 56.3 Å². The van der Waals surface area contributed by atoms with E-state index in [-0.39, 0.29) is 6.61 Å². The van der Waals surface area contributed by atoms with Crippen LogP contribution < -0.4 is 0 Å². The van der Waals surface area contributed by atoms with Gasteiger partial charge in [-0.2, -0.15) is 0 Å². The maximum Gasteiger partial charge on any atom is 0.347 e. The van der Waals surface area contributed by atoms with Gasteiger partial charge in [-0.3, -0.25) is 0 Å². The number of carbonyl (C=O) groups is 1. The molecule has 0 heterocycles. The van der Waals surface area contributed by atoms with Gasteiger partial charge in [0.1, 0.15) is 6.61 Å². The van der Waals surface area contributed by atoms with Crippen LogP contribution >= 0.6 is 0 Å². The highest BCUT2D eigenvalue weighted by molar-refractivity contribution is 5.86. The lowest BCUT2D eigenvalue weighted by molar-refractivity contribution is -0.162. The van der Waals surface area contributed by atoms with Gasteiger partial charge < -0.3 is 14.7 Å². The SMILES string of the molecule is CCN(CC)CCOC(=O)[C@](O)(c1ccccc1)c1ccc(C)c(C)c1C. The minimum atomic E-state index is -1.83. The molecule has 0 fully saturated rings. The molecule has 1 N–H and O–H groups in total. The molecule has 27 heavy (non-hydrogen) atoms. The summed E-state index contributed by atoms with van der Waals surface area (Å²) in [6.45, 7) is 12.8. The highest BCUT2D eigenvalue weighted by Gasteiger charge is 2.43. The fourth-order valence-electron chi connectivity index (χ4n) is 3.32. The van der Waals surface area contributed by atoms with Crippen LogP contribution in [0.5, 0.6) is 0 Å². The first-order valence-electron chi connectivity index (χ1n) is 9.60. The Hall–Kier alpha value is -2.17. The highest BCUT2D eigenvalue weighted by atomic mass is 16.5. The fourth-order valence-corrected chi connectivity index (χ4v) is 3.32. The molecular weight excluding hydrogens is 338 g/mol. The molecule has 0 saturated carbocycles. The number of esters is 1. The Morgan fingerprint density at radius 1 is 1.00 bits per heavy atom. The molecule has 0 aliphatic heterocycles. The molecule has 0 aliphatic rings. The van der Waals surface area contributed by atoms with Crippen molar-refractivity contribution in [2.45, 2.75) is 40.2 Å². The van der Waals surface area contributed by atoms with E-state index < -0.39 is 11.6 Å². The van der Waals surface area contributed by atoms with E-state index in [0.29, 0.717) is 17.7 Å². The van der Waals surface area contributed by atoms with Crippen LogP contribution in [0.15, 0.2) is 42.5 Å². The average Bonchev–Trinajstić information content (AvgIpc) is 2.69. The zero-order chi connectivity index (χ0) is 20.0. The first-order chi connectivity index (χ1) is 12.9. The maximum absolute atomic E-state index is 13.1. The molecule has 4 nitrogen and oxygen atoms in total. The van der Waals surface area contributed by atoms with Crippen molar-refractivity contribution in [3.8, 4) is 0 Å².